The predicted molar refractivity (Wildman–Crippen MR) is 79.1 cm³/mol. The van der Waals surface area contributed by atoms with Gasteiger partial charge in [-0.2, -0.15) is 4.37 Å². The molecule has 1 unspecified atom stereocenters. The summed E-state index contributed by atoms with van der Waals surface area (Å²) >= 11 is 1.23. The monoisotopic (exact) mass is 299 g/mol. The van der Waals surface area contributed by atoms with Crippen LogP contribution in [0.3, 0.4) is 0 Å². The number of piperidine rings is 1. The molecule has 1 aromatic rings. The van der Waals surface area contributed by atoms with Crippen LogP contribution in [0.2, 0.25) is 0 Å². The Morgan fingerprint density at radius 3 is 2.80 bits per heavy atom. The van der Waals surface area contributed by atoms with Crippen LogP contribution < -0.4 is 10.6 Å². The van der Waals surface area contributed by atoms with Crippen LogP contribution in [-0.2, 0) is 4.74 Å². The first-order valence-corrected chi connectivity index (χ1v) is 7.67. The van der Waals surface area contributed by atoms with Gasteiger partial charge in [-0.1, -0.05) is 0 Å². The van der Waals surface area contributed by atoms with Crippen molar-refractivity contribution in [1.29, 1.82) is 0 Å². The Morgan fingerprint density at radius 1 is 1.60 bits per heavy atom. The van der Waals surface area contributed by atoms with Crippen molar-refractivity contribution in [3.63, 3.8) is 0 Å². The summed E-state index contributed by atoms with van der Waals surface area (Å²) in [5, 5.41) is 10.4. The average Bonchev–Trinajstić information content (AvgIpc) is 2.81. The summed E-state index contributed by atoms with van der Waals surface area (Å²) < 4.78 is 9.12. The van der Waals surface area contributed by atoms with Gasteiger partial charge in [-0.25, -0.2) is 4.79 Å². The Kier molecular flexibility index (Phi) is 4.82. The van der Waals surface area contributed by atoms with E-state index in [4.69, 9.17) is 10.5 Å². The van der Waals surface area contributed by atoms with Gasteiger partial charge in [-0.3, -0.25) is 0 Å². The Labute approximate surface area is 122 Å². The molecule has 0 amide bonds. The number of nitrogens with two attached hydrogens (primary N) is 1. The zero-order valence-corrected chi connectivity index (χ0v) is 12.7. The lowest BCUT2D eigenvalue weighted by molar-refractivity contribution is 0.0528. The molecule has 7 heteroatoms. The number of carbonyl (C=O) groups is 1. The average molecular weight is 299 g/mol. The number of esters is 1. The number of nitrogen functional groups attached to an aromatic ring is 1. The first-order valence-electron chi connectivity index (χ1n) is 6.89. The number of aromatic nitrogens is 1. The quantitative estimate of drug-likeness (QED) is 0.819. The van der Waals surface area contributed by atoms with E-state index in [1.807, 2.05) is 6.92 Å². The Morgan fingerprint density at radius 2 is 2.25 bits per heavy atom. The number of ether oxygens (including phenoxy) is 1. The molecule has 2 rings (SSSR count). The van der Waals surface area contributed by atoms with E-state index in [2.05, 4.69) is 9.27 Å². The molecule has 1 aliphatic rings. The van der Waals surface area contributed by atoms with Crippen LogP contribution in [0.15, 0.2) is 0 Å². The highest BCUT2D eigenvalue weighted by Gasteiger charge is 2.29. The van der Waals surface area contributed by atoms with Crippen molar-refractivity contribution >= 4 is 28.3 Å². The van der Waals surface area contributed by atoms with Gasteiger partial charge in [-0.15, -0.1) is 0 Å². The van der Waals surface area contributed by atoms with Crippen molar-refractivity contribution < 1.29 is 14.6 Å². The summed E-state index contributed by atoms with van der Waals surface area (Å²) in [5.41, 5.74) is 6.17. The molecule has 0 bridgehead atoms. The van der Waals surface area contributed by atoms with E-state index >= 15 is 0 Å². The van der Waals surface area contributed by atoms with E-state index in [9.17, 15) is 9.90 Å². The fraction of sp³-hybridized carbons (Fsp3) is 0.692. The number of nitrogens with zero attached hydrogens (tertiary/aromatic N) is 2. The van der Waals surface area contributed by atoms with Gasteiger partial charge in [-0.05, 0) is 44.1 Å². The third kappa shape index (κ3) is 3.04. The summed E-state index contributed by atoms with van der Waals surface area (Å²) in [6, 6.07) is 0. The molecule has 1 saturated heterocycles. The number of aliphatic hydroxyl groups is 1. The minimum atomic E-state index is -0.411. The van der Waals surface area contributed by atoms with Crippen LogP contribution in [0.5, 0.6) is 0 Å². The summed E-state index contributed by atoms with van der Waals surface area (Å²) in [5.74, 6) is 0.148. The maximum atomic E-state index is 12.0. The molecule has 0 radical (unpaired) electrons. The lowest BCUT2D eigenvalue weighted by Crippen LogP contribution is -2.37. The van der Waals surface area contributed by atoms with Crippen LogP contribution in [0, 0.1) is 5.92 Å². The highest BCUT2D eigenvalue weighted by molar-refractivity contribution is 7.11. The number of carbonyl (C=O) groups excluding carboxylic acids is 1. The fourth-order valence-corrected chi connectivity index (χ4v) is 3.34. The molecular formula is C13H21N3O3S. The predicted octanol–water partition coefficient (Wildman–Crippen LogP) is 1.50. The molecule has 0 aliphatic carbocycles. The summed E-state index contributed by atoms with van der Waals surface area (Å²) in [6.45, 7) is 5.50. The second-order valence-electron chi connectivity index (χ2n) is 5.03. The first kappa shape index (κ1) is 15.1. The zero-order valence-electron chi connectivity index (χ0n) is 11.8. The van der Waals surface area contributed by atoms with E-state index in [1.54, 1.807) is 6.92 Å². The first-order chi connectivity index (χ1) is 9.54. The second-order valence-corrected chi connectivity index (χ2v) is 5.79. The Balaban J connectivity index is 2.12. The van der Waals surface area contributed by atoms with Gasteiger partial charge in [0, 0.05) is 13.1 Å². The molecule has 3 N–H and O–H groups in total. The molecule has 2 heterocycles. The third-order valence-corrected chi connectivity index (χ3v) is 4.61. The third-order valence-electron chi connectivity index (χ3n) is 3.69. The van der Waals surface area contributed by atoms with Crippen LogP contribution in [0.25, 0.3) is 0 Å². The smallest absolute Gasteiger partial charge is 0.345 e. The molecule has 20 heavy (non-hydrogen) atoms. The van der Waals surface area contributed by atoms with E-state index < -0.39 is 5.97 Å². The highest BCUT2D eigenvalue weighted by Crippen LogP contribution is 2.34. The highest BCUT2D eigenvalue weighted by atomic mass is 32.1. The molecular weight excluding hydrogens is 278 g/mol. The minimum absolute atomic E-state index is 0.237. The SMILES string of the molecule is CCOC(=O)c1c(N)nsc1N1CCC(C(C)O)CC1. The van der Waals surface area contributed by atoms with Crippen LogP contribution in [0.1, 0.15) is 37.0 Å². The number of aliphatic hydroxyl groups excluding tert-OH is 1. The number of anilines is 2. The lowest BCUT2D eigenvalue weighted by atomic mass is 9.92. The van der Waals surface area contributed by atoms with E-state index in [1.165, 1.54) is 11.5 Å². The number of hydrogen-bond acceptors (Lipinski definition) is 7. The zero-order chi connectivity index (χ0) is 14.7. The molecule has 0 spiro atoms. The molecule has 1 atom stereocenters. The Hall–Kier alpha value is -1.34. The maximum absolute atomic E-state index is 12.0. The Bertz CT molecular complexity index is 467. The molecule has 0 aromatic carbocycles. The molecule has 112 valence electrons. The van der Waals surface area contributed by atoms with Gasteiger partial charge in [0.25, 0.3) is 0 Å². The van der Waals surface area contributed by atoms with Gasteiger partial charge in [0.1, 0.15) is 10.6 Å². The second kappa shape index (κ2) is 6.41. The van der Waals surface area contributed by atoms with Crippen LogP contribution in [0.4, 0.5) is 10.8 Å². The van der Waals surface area contributed by atoms with Gasteiger partial charge >= 0.3 is 5.97 Å². The molecule has 1 aromatic heterocycles. The van der Waals surface area contributed by atoms with E-state index in [0.29, 0.717) is 18.1 Å². The lowest BCUT2D eigenvalue weighted by Gasteiger charge is -2.33. The summed E-state index contributed by atoms with van der Waals surface area (Å²) in [4.78, 5) is 14.1. The number of hydrogen-bond donors (Lipinski definition) is 2. The summed E-state index contributed by atoms with van der Waals surface area (Å²) in [7, 11) is 0. The van der Waals surface area contributed by atoms with Crippen molar-refractivity contribution in [1.82, 2.24) is 4.37 Å². The molecule has 1 aliphatic heterocycles. The van der Waals surface area contributed by atoms with Gasteiger partial charge < -0.3 is 20.5 Å². The van der Waals surface area contributed by atoms with Gasteiger partial charge in [0.05, 0.1) is 12.7 Å². The largest absolute Gasteiger partial charge is 0.462 e. The number of rotatable bonds is 4. The summed E-state index contributed by atoms with van der Waals surface area (Å²) in [6.07, 6.45) is 1.52. The van der Waals surface area contributed by atoms with Crippen molar-refractivity contribution in [2.24, 2.45) is 5.92 Å². The molecule has 1 fully saturated rings. The van der Waals surface area contributed by atoms with Gasteiger partial charge in [0.15, 0.2) is 5.82 Å². The maximum Gasteiger partial charge on any atom is 0.345 e. The van der Waals surface area contributed by atoms with Crippen molar-refractivity contribution in [2.45, 2.75) is 32.8 Å². The molecule has 0 saturated carbocycles. The topological polar surface area (TPSA) is 88.7 Å². The van der Waals surface area contributed by atoms with Gasteiger partial charge in [0.2, 0.25) is 0 Å². The van der Waals surface area contributed by atoms with E-state index in [0.717, 1.165) is 30.9 Å². The van der Waals surface area contributed by atoms with Crippen LogP contribution >= 0.6 is 11.5 Å². The van der Waals surface area contributed by atoms with Crippen LogP contribution in [-0.4, -0.2) is 41.2 Å². The molecule has 6 nitrogen and oxygen atoms in total. The van der Waals surface area contributed by atoms with Crippen molar-refractivity contribution in [3.05, 3.63) is 5.56 Å². The normalized spacial score (nSPS) is 18.1. The van der Waals surface area contributed by atoms with E-state index in [-0.39, 0.29) is 11.9 Å². The minimum Gasteiger partial charge on any atom is -0.462 e. The standard InChI is InChI=1S/C13H21N3O3S/c1-3-19-13(18)10-11(14)15-20-12(10)16-6-4-9(5-7-16)8(2)17/h8-9,17H,3-7H2,1-2H3,(H2,14,15). The van der Waals surface area contributed by atoms with Crippen molar-refractivity contribution in [2.75, 3.05) is 30.3 Å². The van der Waals surface area contributed by atoms with Crippen molar-refractivity contribution in [3.8, 4) is 0 Å². The fourth-order valence-electron chi connectivity index (χ4n) is 2.49.